The third-order valence-electron chi connectivity index (χ3n) is 1.18. The normalized spacial score (nSPS) is 12.5. The van der Waals surface area contributed by atoms with E-state index in [1.165, 1.54) is 0 Å². The number of nitrogens with two attached hydrogens (primary N) is 1. The third kappa shape index (κ3) is 6.42. The van der Waals surface area contributed by atoms with Crippen LogP contribution in [0.3, 0.4) is 0 Å². The van der Waals surface area contributed by atoms with Gasteiger partial charge in [-0.2, -0.15) is 0 Å². The summed E-state index contributed by atoms with van der Waals surface area (Å²) in [6.07, 6.45) is 7.10. The van der Waals surface area contributed by atoms with Crippen molar-refractivity contribution in [2.45, 2.75) is 13.3 Å². The smallest absolute Gasteiger partial charge is 0.0439 e. The second-order valence-corrected chi connectivity index (χ2v) is 3.69. The van der Waals surface area contributed by atoms with E-state index in [0.717, 1.165) is 17.9 Å². The molecule has 1 unspecified atom stereocenters. The first-order valence-corrected chi connectivity index (χ1v) is 5.92. The number of hydrogen-bond donors (Lipinski definition) is 2. The zero-order valence-electron chi connectivity index (χ0n) is 6.71. The highest BCUT2D eigenvalue weighted by Crippen LogP contribution is 2.11. The summed E-state index contributed by atoms with van der Waals surface area (Å²) >= 11 is 1.76. The van der Waals surface area contributed by atoms with Crippen LogP contribution in [0.2, 0.25) is 0 Å². The van der Waals surface area contributed by atoms with Crippen LogP contribution in [0, 0.1) is 0 Å². The van der Waals surface area contributed by atoms with E-state index >= 15 is 0 Å². The summed E-state index contributed by atoms with van der Waals surface area (Å²) < 4.78 is 0. The summed E-state index contributed by atoms with van der Waals surface area (Å²) in [7, 11) is 2.63. The van der Waals surface area contributed by atoms with E-state index in [-0.39, 0.29) is 0 Å². The summed E-state index contributed by atoms with van der Waals surface area (Å²) in [5.41, 5.74) is 3.55. The first kappa shape index (κ1) is 11.0. The SMILES string of the molecule is C/C=C(\C=C/CCSP)NN. The summed E-state index contributed by atoms with van der Waals surface area (Å²) in [6, 6.07) is 0. The zero-order valence-corrected chi connectivity index (χ0v) is 8.68. The number of hydrazine groups is 1. The summed E-state index contributed by atoms with van der Waals surface area (Å²) in [4.78, 5) is 0. The van der Waals surface area contributed by atoms with Gasteiger partial charge in [0.1, 0.15) is 0 Å². The molecule has 4 heteroatoms. The Morgan fingerprint density at radius 1 is 1.73 bits per heavy atom. The largest absolute Gasteiger partial charge is 0.324 e. The molecule has 0 rings (SSSR count). The van der Waals surface area contributed by atoms with Crippen molar-refractivity contribution in [1.82, 2.24) is 5.43 Å². The van der Waals surface area contributed by atoms with Gasteiger partial charge in [0.2, 0.25) is 0 Å². The van der Waals surface area contributed by atoms with Gasteiger partial charge in [0.05, 0.1) is 0 Å². The van der Waals surface area contributed by atoms with E-state index in [4.69, 9.17) is 5.84 Å². The minimum absolute atomic E-state index is 0.957. The fourth-order valence-corrected chi connectivity index (χ4v) is 1.25. The van der Waals surface area contributed by atoms with Gasteiger partial charge in [0.15, 0.2) is 0 Å². The van der Waals surface area contributed by atoms with Gasteiger partial charge < -0.3 is 5.43 Å². The maximum atomic E-state index is 5.22. The number of rotatable bonds is 5. The highest BCUT2D eigenvalue weighted by molar-refractivity contribution is 8.43. The third-order valence-corrected chi connectivity index (χ3v) is 2.36. The molecule has 0 fully saturated rings. The Kier molecular flexibility index (Phi) is 8.13. The molecule has 0 radical (unpaired) electrons. The lowest BCUT2D eigenvalue weighted by Gasteiger charge is -1.97. The maximum Gasteiger partial charge on any atom is 0.0439 e. The molecule has 11 heavy (non-hydrogen) atoms. The predicted octanol–water partition coefficient (Wildman–Crippen LogP) is 1.82. The fourth-order valence-electron chi connectivity index (χ4n) is 0.574. The van der Waals surface area contributed by atoms with Crippen molar-refractivity contribution in [1.29, 1.82) is 0 Å². The lowest BCUT2D eigenvalue weighted by molar-refractivity contribution is 0.911. The first-order valence-electron chi connectivity index (χ1n) is 3.46. The Hall–Kier alpha value is 0.0200. The van der Waals surface area contributed by atoms with Crippen LogP contribution in [0.4, 0.5) is 0 Å². The Bertz CT molecular complexity index is 145. The van der Waals surface area contributed by atoms with Crippen molar-refractivity contribution < 1.29 is 0 Å². The van der Waals surface area contributed by atoms with Crippen LogP contribution in [0.15, 0.2) is 23.9 Å². The van der Waals surface area contributed by atoms with E-state index in [0.29, 0.717) is 0 Å². The average molecular weight is 190 g/mol. The summed E-state index contributed by atoms with van der Waals surface area (Å²) in [5.74, 6) is 6.35. The number of hydrogen-bond acceptors (Lipinski definition) is 3. The molecule has 0 saturated heterocycles. The summed E-state index contributed by atoms with van der Waals surface area (Å²) in [5, 5.41) is 0. The van der Waals surface area contributed by atoms with E-state index in [9.17, 15) is 0 Å². The van der Waals surface area contributed by atoms with Gasteiger partial charge in [-0.1, -0.05) is 20.6 Å². The monoisotopic (exact) mass is 190 g/mol. The number of allylic oxidation sites excluding steroid dienone is 3. The van der Waals surface area contributed by atoms with Gasteiger partial charge in [-0.3, -0.25) is 5.84 Å². The van der Waals surface area contributed by atoms with Gasteiger partial charge >= 0.3 is 0 Å². The maximum absolute atomic E-state index is 5.22. The Labute approximate surface area is 74.6 Å². The molecule has 0 aliphatic heterocycles. The Morgan fingerprint density at radius 3 is 2.91 bits per heavy atom. The minimum atomic E-state index is 0.957. The van der Waals surface area contributed by atoms with Crippen LogP contribution in [0.1, 0.15) is 13.3 Å². The second kappa shape index (κ2) is 8.12. The molecule has 0 saturated carbocycles. The lowest BCUT2D eigenvalue weighted by atomic mass is 10.3. The van der Waals surface area contributed by atoms with E-state index in [1.807, 2.05) is 19.1 Å². The van der Waals surface area contributed by atoms with Crippen LogP contribution in [-0.4, -0.2) is 5.75 Å². The van der Waals surface area contributed by atoms with Crippen LogP contribution in [0.25, 0.3) is 0 Å². The van der Waals surface area contributed by atoms with E-state index in [1.54, 1.807) is 11.4 Å². The fraction of sp³-hybridized carbons (Fsp3) is 0.429. The highest BCUT2D eigenvalue weighted by atomic mass is 32.7. The van der Waals surface area contributed by atoms with Crippen molar-refractivity contribution in [2.75, 3.05) is 5.75 Å². The molecule has 0 bridgehead atoms. The molecule has 0 aromatic heterocycles. The molecule has 0 aliphatic rings. The van der Waals surface area contributed by atoms with Gasteiger partial charge in [0, 0.05) is 11.4 Å². The summed E-state index contributed by atoms with van der Waals surface area (Å²) in [6.45, 7) is 1.95. The van der Waals surface area contributed by atoms with Crippen molar-refractivity contribution in [3.05, 3.63) is 23.9 Å². The highest BCUT2D eigenvalue weighted by Gasteiger charge is 1.82. The average Bonchev–Trinajstić information content (AvgIpc) is 2.05. The Balaban J connectivity index is 3.54. The Morgan fingerprint density at radius 2 is 2.45 bits per heavy atom. The van der Waals surface area contributed by atoms with Gasteiger partial charge in [-0.05, 0) is 19.4 Å². The van der Waals surface area contributed by atoms with Crippen molar-refractivity contribution in [3.63, 3.8) is 0 Å². The van der Waals surface area contributed by atoms with E-state index < -0.39 is 0 Å². The molecular weight excluding hydrogens is 175 g/mol. The topological polar surface area (TPSA) is 38.0 Å². The standard InChI is InChI=1S/C7H15N2PS/c1-2-7(9-8)5-3-4-6-11-10/h2-3,5,9H,4,6,8,10H2,1H3/b5-3-,7-2+. The zero-order chi connectivity index (χ0) is 8.53. The number of nitrogens with one attached hydrogen (secondary N) is 1. The van der Waals surface area contributed by atoms with Crippen molar-refractivity contribution in [3.8, 4) is 0 Å². The van der Waals surface area contributed by atoms with Crippen LogP contribution < -0.4 is 11.3 Å². The predicted molar refractivity (Wildman–Crippen MR) is 57.0 cm³/mol. The van der Waals surface area contributed by atoms with E-state index in [2.05, 4.69) is 19.9 Å². The quantitative estimate of drug-likeness (QED) is 0.228. The molecule has 0 heterocycles. The molecule has 0 amide bonds. The van der Waals surface area contributed by atoms with Gasteiger partial charge in [0.25, 0.3) is 0 Å². The molecule has 64 valence electrons. The molecular formula is C7H15N2PS. The molecule has 2 nitrogen and oxygen atoms in total. The molecule has 1 atom stereocenters. The molecule has 0 aromatic rings. The second-order valence-electron chi connectivity index (χ2n) is 1.95. The minimum Gasteiger partial charge on any atom is -0.324 e. The molecule has 0 aliphatic carbocycles. The van der Waals surface area contributed by atoms with Crippen molar-refractivity contribution in [2.24, 2.45) is 5.84 Å². The van der Waals surface area contributed by atoms with Gasteiger partial charge in [-0.25, -0.2) is 0 Å². The van der Waals surface area contributed by atoms with Crippen LogP contribution >= 0.6 is 19.8 Å². The molecule has 0 spiro atoms. The van der Waals surface area contributed by atoms with Crippen LogP contribution in [0.5, 0.6) is 0 Å². The van der Waals surface area contributed by atoms with Crippen LogP contribution in [-0.2, 0) is 0 Å². The lowest BCUT2D eigenvalue weighted by Crippen LogP contribution is -2.19. The van der Waals surface area contributed by atoms with Gasteiger partial charge in [-0.15, -0.1) is 11.4 Å². The van der Waals surface area contributed by atoms with Crippen molar-refractivity contribution >= 4 is 19.8 Å². The first-order chi connectivity index (χ1) is 5.35. The molecule has 0 aromatic carbocycles. The molecule has 3 N–H and O–H groups in total.